The van der Waals surface area contributed by atoms with Gasteiger partial charge in [-0.1, -0.05) is 36.4 Å². The van der Waals surface area contributed by atoms with Crippen LogP contribution in [0.3, 0.4) is 0 Å². The number of para-hydroxylation sites is 2. The number of phenolic OH excluding ortho intramolecular Hbond substituents is 1. The van der Waals surface area contributed by atoms with Crippen molar-refractivity contribution in [2.75, 3.05) is 55.1 Å². The van der Waals surface area contributed by atoms with Crippen molar-refractivity contribution >= 4 is 67.4 Å². The van der Waals surface area contributed by atoms with Crippen LogP contribution in [-0.4, -0.2) is 104 Å². The van der Waals surface area contributed by atoms with E-state index in [4.69, 9.17) is 18.9 Å². The van der Waals surface area contributed by atoms with Crippen LogP contribution in [0.5, 0.6) is 23.0 Å². The van der Waals surface area contributed by atoms with Crippen LogP contribution >= 0.6 is 0 Å². The van der Waals surface area contributed by atoms with E-state index in [0.717, 1.165) is 8.61 Å². The molecule has 2 fully saturated rings. The molecule has 2 saturated heterocycles. The molecule has 0 atom stereocenters. The summed E-state index contributed by atoms with van der Waals surface area (Å²) in [4.78, 5) is 74.6. The Balaban J connectivity index is 0.964. The molecule has 2 aliphatic rings. The van der Waals surface area contributed by atoms with E-state index < -0.39 is 57.3 Å². The number of anilines is 2. The molecule has 2 heterocycles. The third-order valence-electron chi connectivity index (χ3n) is 10.4. The predicted molar refractivity (Wildman–Crippen MR) is 245 cm³/mol. The molecule has 0 unspecified atom stereocenters. The zero-order valence-corrected chi connectivity index (χ0v) is 38.5. The molecule has 4 aromatic rings. The fourth-order valence-corrected chi connectivity index (χ4v) is 9.34. The minimum absolute atomic E-state index is 0.0272. The largest absolute Gasteiger partial charge is 0.506 e. The Morgan fingerprint density at radius 1 is 0.618 bits per heavy atom. The fourth-order valence-electron chi connectivity index (χ4n) is 7.01. The lowest BCUT2D eigenvalue weighted by atomic mass is 10.1. The number of carbonyl (C=O) groups excluding carboxylic acids is 6. The highest BCUT2D eigenvalue weighted by Crippen LogP contribution is 2.35. The normalized spacial score (nSPS) is 14.7. The average Bonchev–Trinajstić information content (AvgIpc) is 3.75. The van der Waals surface area contributed by atoms with Crippen molar-refractivity contribution in [2.24, 2.45) is 0 Å². The molecule has 0 radical (unpaired) electrons. The van der Waals surface area contributed by atoms with E-state index in [2.05, 4.69) is 10.6 Å². The predicted octanol–water partition coefficient (Wildman–Crippen LogP) is 2.58. The van der Waals surface area contributed by atoms with Crippen molar-refractivity contribution in [2.45, 2.75) is 51.4 Å². The number of aryl methyl sites for hydroxylation is 2. The van der Waals surface area contributed by atoms with Gasteiger partial charge in [-0.15, -0.1) is 0 Å². The Bertz CT molecular complexity index is 2770. The van der Waals surface area contributed by atoms with Gasteiger partial charge in [0.2, 0.25) is 11.8 Å². The number of methoxy groups -OCH3 is 1. The summed E-state index contributed by atoms with van der Waals surface area (Å²) in [7, 11) is -7.09. The van der Waals surface area contributed by atoms with Gasteiger partial charge in [0.25, 0.3) is 11.8 Å². The summed E-state index contributed by atoms with van der Waals surface area (Å²) in [5.74, 6) is -3.35. The van der Waals surface area contributed by atoms with Crippen molar-refractivity contribution in [3.63, 3.8) is 0 Å². The number of carbonyl (C=O) groups is 6. The number of nitrogens with zero attached hydrogens (tertiary/aromatic N) is 2. The molecule has 362 valence electrons. The van der Waals surface area contributed by atoms with Crippen molar-refractivity contribution in [3.8, 4) is 23.0 Å². The second kappa shape index (κ2) is 22.9. The second-order valence-electron chi connectivity index (χ2n) is 15.4. The highest BCUT2D eigenvalue weighted by Gasteiger charge is 2.37. The van der Waals surface area contributed by atoms with Gasteiger partial charge >= 0.3 is 32.4 Å². The molecule has 0 aliphatic carbocycles. The summed E-state index contributed by atoms with van der Waals surface area (Å²) < 4.78 is 77.4. The molecule has 21 nitrogen and oxygen atoms in total. The van der Waals surface area contributed by atoms with Crippen molar-refractivity contribution < 1.29 is 69.7 Å². The number of ether oxygens (including phenoxy) is 4. The van der Waals surface area contributed by atoms with Crippen molar-refractivity contribution in [3.05, 3.63) is 107 Å². The summed E-state index contributed by atoms with van der Waals surface area (Å²) in [6.45, 7) is 0.138. The molecule has 68 heavy (non-hydrogen) atoms. The molecule has 23 heteroatoms. The summed E-state index contributed by atoms with van der Waals surface area (Å²) in [5, 5.41) is 16.1. The monoisotopic (exact) mass is 978 g/mol. The first-order chi connectivity index (χ1) is 32.5. The molecule has 6 rings (SSSR count). The zero-order valence-electron chi connectivity index (χ0n) is 36.9. The lowest BCUT2D eigenvalue weighted by Crippen LogP contribution is -2.30. The molecular formula is C45H50N6O15S2. The van der Waals surface area contributed by atoms with Crippen LogP contribution in [0.15, 0.2) is 84.9 Å². The summed E-state index contributed by atoms with van der Waals surface area (Å²) in [5.41, 5.74) is 1.32. The number of esters is 2. The van der Waals surface area contributed by atoms with Gasteiger partial charge in [-0.05, 0) is 98.2 Å². The first-order valence-corrected chi connectivity index (χ1v) is 24.3. The van der Waals surface area contributed by atoms with Gasteiger partial charge in [-0.25, -0.2) is 27.6 Å². The Morgan fingerprint density at radius 2 is 1.09 bits per heavy atom. The number of unbranched alkanes of at least 4 members (excludes halogenated alkanes) is 2. The number of amides is 4. The lowest BCUT2D eigenvalue weighted by Gasteiger charge is -2.19. The first kappa shape index (κ1) is 50.0. The topological polar surface area (TPSA) is 282 Å². The van der Waals surface area contributed by atoms with Crippen LogP contribution in [0.4, 0.5) is 11.4 Å². The first-order valence-electron chi connectivity index (χ1n) is 21.4. The maximum atomic E-state index is 13.7. The highest BCUT2D eigenvalue weighted by molar-refractivity contribution is 7.92. The van der Waals surface area contributed by atoms with E-state index in [1.165, 1.54) is 37.4 Å². The summed E-state index contributed by atoms with van der Waals surface area (Å²) >= 11 is 0. The Hall–Kier alpha value is -7.40. The van der Waals surface area contributed by atoms with Crippen molar-refractivity contribution in [1.29, 1.82) is 0 Å². The third-order valence-corrected chi connectivity index (χ3v) is 13.2. The Morgan fingerprint density at radius 3 is 1.57 bits per heavy atom. The molecule has 0 saturated carbocycles. The molecule has 0 spiro atoms. The molecular weight excluding hydrogens is 929 g/mol. The maximum absolute atomic E-state index is 13.7. The highest BCUT2D eigenvalue weighted by atomic mass is 32.2. The summed E-state index contributed by atoms with van der Waals surface area (Å²) in [6.07, 6.45) is 2.77. The van der Waals surface area contributed by atoms with Crippen LogP contribution in [0, 0.1) is 0 Å². The van der Waals surface area contributed by atoms with E-state index in [-0.39, 0.29) is 78.3 Å². The van der Waals surface area contributed by atoms with Crippen LogP contribution in [-0.2, 0) is 57.2 Å². The Labute approximate surface area is 392 Å². The van der Waals surface area contributed by atoms with Crippen molar-refractivity contribution in [1.82, 2.24) is 20.1 Å². The van der Waals surface area contributed by atoms with Gasteiger partial charge in [0.15, 0.2) is 5.75 Å². The van der Waals surface area contributed by atoms with Gasteiger partial charge < -0.3 is 34.7 Å². The van der Waals surface area contributed by atoms with E-state index in [1.807, 2.05) is 9.44 Å². The molecule has 2 aliphatic heterocycles. The number of nitrogens with one attached hydrogen (secondary N) is 4. The van der Waals surface area contributed by atoms with Gasteiger partial charge in [-0.2, -0.15) is 16.8 Å². The number of hydrogen-bond donors (Lipinski definition) is 5. The van der Waals surface area contributed by atoms with Gasteiger partial charge in [0.1, 0.15) is 41.5 Å². The average molecular weight is 979 g/mol. The smallest absolute Gasteiger partial charge is 0.347 e. The van der Waals surface area contributed by atoms with Gasteiger partial charge in [-0.3, -0.25) is 19.2 Å². The standard InChI is InChI=1S/C45H50N6O15S2/c1-63-44(57)32-10-2-4-12-37(32)64-24-8-6-23-47-41(54)21-17-31-15-19-35(51-29-43(56)49-68(51,61)62)39(27-31)66-45(58)33-11-3-5-13-38(33)65-25-9-7-22-46-40(53)20-16-30-14-18-34(36(52)26-30)50-28-42(55)48-67(50,59)60/h2-5,10-15,18-19,26-27,52H,6-9,16-17,20-25,28-29H2,1H3,(H,46,53)(H,47,54)(H,48,55)(H,49,56). The number of benzene rings is 4. The number of phenols is 1. The minimum atomic E-state index is -4.29. The van der Waals surface area contributed by atoms with E-state index >= 15 is 0 Å². The number of hydrogen-bond acceptors (Lipinski definition) is 15. The third kappa shape index (κ3) is 13.4. The fraction of sp³-hybridized carbons (Fsp3) is 0.333. The molecule has 4 aromatic carbocycles. The maximum Gasteiger partial charge on any atom is 0.347 e. The molecule has 4 amide bonds. The van der Waals surface area contributed by atoms with E-state index in [9.17, 15) is 50.7 Å². The molecule has 5 N–H and O–H groups in total. The second-order valence-corrected chi connectivity index (χ2v) is 18.6. The SMILES string of the molecule is COC(=O)c1ccccc1OCCCCNC(=O)CCc1ccc(N2CC(=O)NS2(=O)=O)c(OC(=O)c2ccccc2OCCCCNC(=O)CCc2ccc(N3CC(=O)NS3(=O)=O)c(O)c2)c1. The van der Waals surface area contributed by atoms with Crippen LogP contribution in [0.1, 0.15) is 70.4 Å². The minimum Gasteiger partial charge on any atom is -0.506 e. The van der Waals surface area contributed by atoms with Crippen LogP contribution < -0.4 is 42.9 Å². The zero-order chi connectivity index (χ0) is 48.8. The van der Waals surface area contributed by atoms with E-state index in [0.29, 0.717) is 67.8 Å². The lowest BCUT2D eigenvalue weighted by molar-refractivity contribution is -0.121. The van der Waals surface area contributed by atoms with Gasteiger partial charge in [0, 0.05) is 25.9 Å². The Kier molecular flexibility index (Phi) is 16.8. The van der Waals surface area contributed by atoms with Crippen LogP contribution in [0.2, 0.25) is 0 Å². The van der Waals surface area contributed by atoms with E-state index in [1.54, 1.807) is 54.6 Å². The van der Waals surface area contributed by atoms with Gasteiger partial charge in [0.05, 0.1) is 31.7 Å². The number of rotatable bonds is 23. The number of aromatic hydroxyl groups is 1. The summed E-state index contributed by atoms with van der Waals surface area (Å²) in [6, 6.07) is 21.7. The molecule has 0 bridgehead atoms. The molecule has 0 aromatic heterocycles. The quantitative estimate of drug-likeness (QED) is 0.0406. The van der Waals surface area contributed by atoms with Crippen LogP contribution in [0.25, 0.3) is 0 Å².